The summed E-state index contributed by atoms with van der Waals surface area (Å²) >= 11 is 0. The molecule has 0 radical (unpaired) electrons. The number of methoxy groups -OCH3 is 1. The SMILES string of the molecule is COc1ccccc1C(=O)Nc1ccc(N2CCN(c3ccccn3)CC2)cc1C(=O)O. The van der Waals surface area contributed by atoms with Crippen molar-refractivity contribution in [3.8, 4) is 5.75 Å². The maximum absolute atomic E-state index is 12.7. The van der Waals surface area contributed by atoms with Crippen LogP contribution in [-0.2, 0) is 0 Å². The number of carbonyl (C=O) groups excluding carboxylic acids is 1. The molecule has 1 fully saturated rings. The number of benzene rings is 2. The number of hydrogen-bond acceptors (Lipinski definition) is 6. The van der Waals surface area contributed by atoms with E-state index in [1.54, 1.807) is 42.6 Å². The number of aromatic nitrogens is 1. The van der Waals surface area contributed by atoms with Crippen molar-refractivity contribution < 1.29 is 19.4 Å². The minimum atomic E-state index is -1.10. The molecule has 1 saturated heterocycles. The molecule has 2 heterocycles. The van der Waals surface area contributed by atoms with Crippen molar-refractivity contribution in [1.29, 1.82) is 0 Å². The standard InChI is InChI=1S/C24H24N4O4/c1-32-21-7-3-2-6-18(21)23(29)26-20-10-9-17(16-19(20)24(30)31)27-12-14-28(15-13-27)22-8-4-5-11-25-22/h2-11,16H,12-15H2,1H3,(H,26,29)(H,30,31). The maximum atomic E-state index is 12.7. The Morgan fingerprint density at radius 1 is 0.938 bits per heavy atom. The molecule has 1 aliphatic rings. The monoisotopic (exact) mass is 432 g/mol. The van der Waals surface area contributed by atoms with E-state index in [4.69, 9.17) is 4.74 Å². The van der Waals surface area contributed by atoms with E-state index in [1.165, 1.54) is 7.11 Å². The summed E-state index contributed by atoms with van der Waals surface area (Å²) in [5.74, 6) is -0.173. The highest BCUT2D eigenvalue weighted by molar-refractivity contribution is 6.09. The second-order valence-corrected chi connectivity index (χ2v) is 7.35. The van der Waals surface area contributed by atoms with Gasteiger partial charge in [-0.25, -0.2) is 9.78 Å². The Labute approximate surface area is 186 Å². The van der Waals surface area contributed by atoms with Gasteiger partial charge in [-0.3, -0.25) is 4.79 Å². The van der Waals surface area contributed by atoms with E-state index < -0.39 is 11.9 Å². The molecule has 164 valence electrons. The number of carboxylic acids is 1. The highest BCUT2D eigenvalue weighted by atomic mass is 16.5. The predicted octanol–water partition coefficient (Wildman–Crippen LogP) is 3.37. The molecule has 0 saturated carbocycles. The highest BCUT2D eigenvalue weighted by Crippen LogP contribution is 2.27. The first-order chi connectivity index (χ1) is 15.6. The van der Waals surface area contributed by atoms with Crippen molar-refractivity contribution in [2.45, 2.75) is 0 Å². The van der Waals surface area contributed by atoms with E-state index in [0.29, 0.717) is 11.3 Å². The summed E-state index contributed by atoms with van der Waals surface area (Å²) < 4.78 is 5.23. The molecule has 0 atom stereocenters. The number of nitrogens with zero attached hydrogens (tertiary/aromatic N) is 3. The average molecular weight is 432 g/mol. The van der Waals surface area contributed by atoms with Crippen LogP contribution in [0.2, 0.25) is 0 Å². The lowest BCUT2D eigenvalue weighted by Crippen LogP contribution is -2.46. The van der Waals surface area contributed by atoms with Gasteiger partial charge in [0.15, 0.2) is 0 Å². The second kappa shape index (κ2) is 9.38. The lowest BCUT2D eigenvalue weighted by atomic mass is 10.1. The first-order valence-electron chi connectivity index (χ1n) is 10.3. The van der Waals surface area contributed by atoms with E-state index >= 15 is 0 Å². The van der Waals surface area contributed by atoms with Gasteiger partial charge in [0.2, 0.25) is 0 Å². The summed E-state index contributed by atoms with van der Waals surface area (Å²) in [4.78, 5) is 33.4. The number of carbonyl (C=O) groups is 2. The Kier molecular flexibility index (Phi) is 6.21. The lowest BCUT2D eigenvalue weighted by Gasteiger charge is -2.36. The van der Waals surface area contributed by atoms with Crippen LogP contribution in [0.4, 0.5) is 17.2 Å². The number of nitrogens with one attached hydrogen (secondary N) is 1. The van der Waals surface area contributed by atoms with E-state index in [0.717, 1.165) is 37.7 Å². The maximum Gasteiger partial charge on any atom is 0.337 e. The van der Waals surface area contributed by atoms with Crippen LogP contribution in [0.5, 0.6) is 5.75 Å². The fourth-order valence-corrected chi connectivity index (χ4v) is 3.77. The number of amides is 1. The normalized spacial score (nSPS) is 13.5. The van der Waals surface area contributed by atoms with Gasteiger partial charge in [0, 0.05) is 38.1 Å². The van der Waals surface area contributed by atoms with Gasteiger partial charge in [-0.1, -0.05) is 18.2 Å². The number of aromatic carboxylic acids is 1. The minimum absolute atomic E-state index is 0.0397. The molecule has 1 aromatic heterocycles. The molecule has 2 aromatic carbocycles. The Balaban J connectivity index is 1.50. The molecular weight excluding hydrogens is 408 g/mol. The van der Waals surface area contributed by atoms with E-state index in [-0.39, 0.29) is 11.3 Å². The molecule has 3 aromatic rings. The Hall–Kier alpha value is -4.07. The van der Waals surface area contributed by atoms with Crippen molar-refractivity contribution in [1.82, 2.24) is 4.98 Å². The number of hydrogen-bond donors (Lipinski definition) is 2. The summed E-state index contributed by atoms with van der Waals surface area (Å²) in [6.07, 6.45) is 1.78. The summed E-state index contributed by atoms with van der Waals surface area (Å²) in [5.41, 5.74) is 1.42. The van der Waals surface area contributed by atoms with Gasteiger partial charge in [-0.2, -0.15) is 0 Å². The number of piperazine rings is 1. The van der Waals surface area contributed by atoms with E-state index in [1.807, 2.05) is 24.3 Å². The van der Waals surface area contributed by atoms with Crippen LogP contribution in [0.3, 0.4) is 0 Å². The second-order valence-electron chi connectivity index (χ2n) is 7.35. The molecular formula is C24H24N4O4. The van der Waals surface area contributed by atoms with Gasteiger partial charge in [0.25, 0.3) is 5.91 Å². The third kappa shape index (κ3) is 4.49. The number of para-hydroxylation sites is 1. The first kappa shape index (κ1) is 21.2. The summed E-state index contributed by atoms with van der Waals surface area (Å²) in [7, 11) is 1.48. The Morgan fingerprint density at radius 3 is 2.34 bits per heavy atom. The molecule has 2 N–H and O–H groups in total. The zero-order valence-corrected chi connectivity index (χ0v) is 17.7. The molecule has 4 rings (SSSR count). The first-order valence-corrected chi connectivity index (χ1v) is 10.3. The fourth-order valence-electron chi connectivity index (χ4n) is 3.77. The van der Waals surface area contributed by atoms with Gasteiger partial charge in [-0.05, 0) is 42.5 Å². The number of carboxylic acid groups (broad SMARTS) is 1. The van der Waals surface area contributed by atoms with Gasteiger partial charge in [0.05, 0.1) is 23.9 Å². The van der Waals surface area contributed by atoms with Crippen LogP contribution in [0.1, 0.15) is 20.7 Å². The Morgan fingerprint density at radius 2 is 1.66 bits per heavy atom. The molecule has 8 heteroatoms. The third-order valence-corrected chi connectivity index (χ3v) is 5.45. The smallest absolute Gasteiger partial charge is 0.337 e. The third-order valence-electron chi connectivity index (χ3n) is 5.45. The highest BCUT2D eigenvalue weighted by Gasteiger charge is 2.21. The van der Waals surface area contributed by atoms with Gasteiger partial charge >= 0.3 is 5.97 Å². The quantitative estimate of drug-likeness (QED) is 0.617. The number of rotatable bonds is 6. The zero-order chi connectivity index (χ0) is 22.5. The summed E-state index contributed by atoms with van der Waals surface area (Å²) in [6.45, 7) is 3.04. The van der Waals surface area contributed by atoms with Crippen LogP contribution < -0.4 is 19.9 Å². The molecule has 8 nitrogen and oxygen atoms in total. The molecule has 0 unspecified atom stereocenters. The molecule has 32 heavy (non-hydrogen) atoms. The molecule has 0 spiro atoms. The van der Waals surface area contributed by atoms with Crippen molar-refractivity contribution >= 4 is 29.1 Å². The van der Waals surface area contributed by atoms with Crippen molar-refractivity contribution in [2.24, 2.45) is 0 Å². The average Bonchev–Trinajstić information content (AvgIpc) is 2.84. The van der Waals surface area contributed by atoms with Gasteiger partial charge in [-0.15, -0.1) is 0 Å². The van der Waals surface area contributed by atoms with Crippen molar-refractivity contribution in [3.05, 3.63) is 78.0 Å². The topological polar surface area (TPSA) is 95.0 Å². The van der Waals surface area contributed by atoms with Crippen LogP contribution in [0, 0.1) is 0 Å². The molecule has 1 amide bonds. The van der Waals surface area contributed by atoms with Crippen LogP contribution >= 0.6 is 0 Å². The fraction of sp³-hybridized carbons (Fsp3) is 0.208. The predicted molar refractivity (Wildman–Crippen MR) is 123 cm³/mol. The van der Waals surface area contributed by atoms with Crippen LogP contribution in [0.25, 0.3) is 0 Å². The van der Waals surface area contributed by atoms with Crippen molar-refractivity contribution in [2.75, 3.05) is 48.4 Å². The Bertz CT molecular complexity index is 1110. The summed E-state index contributed by atoms with van der Waals surface area (Å²) in [5, 5.41) is 12.5. The van der Waals surface area contributed by atoms with E-state index in [9.17, 15) is 14.7 Å². The van der Waals surface area contributed by atoms with Gasteiger partial charge < -0.3 is 25.0 Å². The van der Waals surface area contributed by atoms with Crippen molar-refractivity contribution in [3.63, 3.8) is 0 Å². The van der Waals surface area contributed by atoms with Gasteiger partial charge in [0.1, 0.15) is 11.6 Å². The lowest BCUT2D eigenvalue weighted by molar-refractivity contribution is 0.0698. The number of anilines is 3. The van der Waals surface area contributed by atoms with E-state index in [2.05, 4.69) is 20.1 Å². The molecule has 0 aliphatic carbocycles. The molecule has 1 aliphatic heterocycles. The zero-order valence-electron chi connectivity index (χ0n) is 17.7. The number of ether oxygens (including phenoxy) is 1. The largest absolute Gasteiger partial charge is 0.496 e. The number of pyridine rings is 1. The molecule has 0 bridgehead atoms. The van der Waals surface area contributed by atoms with Crippen LogP contribution in [-0.4, -0.2) is 55.3 Å². The summed E-state index contributed by atoms with van der Waals surface area (Å²) in [6, 6.07) is 17.7. The van der Waals surface area contributed by atoms with Crippen LogP contribution in [0.15, 0.2) is 66.9 Å². The minimum Gasteiger partial charge on any atom is -0.496 e.